The minimum Gasteiger partial charge on any atom is -0.396 e. The fourth-order valence-electron chi connectivity index (χ4n) is 1.73. The summed E-state index contributed by atoms with van der Waals surface area (Å²) in [5, 5.41) is 13.4. The van der Waals surface area contributed by atoms with Gasteiger partial charge in [-0.25, -0.2) is 4.98 Å². The van der Waals surface area contributed by atoms with E-state index in [4.69, 9.17) is 5.11 Å². The summed E-state index contributed by atoms with van der Waals surface area (Å²) < 4.78 is 1.93. The number of fused-ring (bicyclic) bond motifs is 1. The van der Waals surface area contributed by atoms with Crippen molar-refractivity contribution in [3.05, 3.63) is 23.5 Å². The van der Waals surface area contributed by atoms with Gasteiger partial charge in [0.05, 0.1) is 12.1 Å². The molecule has 0 fully saturated rings. The molecule has 0 unspecified atom stereocenters. The molecule has 2 N–H and O–H groups in total. The normalized spacial score (nSPS) is 10.9. The average molecular weight is 267 g/mol. The topological polar surface area (TPSA) is 66.6 Å². The SMILES string of the molecule is O=C(Cc1cn2ccsc2n1)NCCCCCO. The third kappa shape index (κ3) is 3.54. The number of amides is 1. The van der Waals surface area contributed by atoms with Crippen LogP contribution < -0.4 is 5.32 Å². The van der Waals surface area contributed by atoms with Crippen molar-refractivity contribution in [3.8, 4) is 0 Å². The van der Waals surface area contributed by atoms with Gasteiger partial charge < -0.3 is 10.4 Å². The van der Waals surface area contributed by atoms with E-state index < -0.39 is 0 Å². The molecule has 6 heteroatoms. The van der Waals surface area contributed by atoms with Crippen molar-refractivity contribution in [2.45, 2.75) is 25.7 Å². The third-order valence-corrected chi connectivity index (χ3v) is 3.41. The lowest BCUT2D eigenvalue weighted by molar-refractivity contribution is -0.120. The zero-order valence-electron chi connectivity index (χ0n) is 10.1. The second-order valence-corrected chi connectivity index (χ2v) is 5.01. The van der Waals surface area contributed by atoms with Crippen LogP contribution in [0.25, 0.3) is 4.96 Å². The summed E-state index contributed by atoms with van der Waals surface area (Å²) in [5.74, 6) is 0.00440. The Morgan fingerprint density at radius 1 is 1.44 bits per heavy atom. The number of hydrogen-bond donors (Lipinski definition) is 2. The third-order valence-electron chi connectivity index (χ3n) is 2.64. The summed E-state index contributed by atoms with van der Waals surface area (Å²) in [7, 11) is 0. The Bertz CT molecular complexity index is 478. The van der Waals surface area contributed by atoms with Crippen LogP contribution in [0.4, 0.5) is 0 Å². The molecule has 0 saturated heterocycles. The van der Waals surface area contributed by atoms with Gasteiger partial charge in [-0.1, -0.05) is 0 Å². The smallest absolute Gasteiger partial charge is 0.226 e. The summed E-state index contributed by atoms with van der Waals surface area (Å²) >= 11 is 1.56. The first-order valence-electron chi connectivity index (χ1n) is 6.08. The lowest BCUT2D eigenvalue weighted by Crippen LogP contribution is -2.26. The maximum Gasteiger partial charge on any atom is 0.226 e. The average Bonchev–Trinajstić information content (AvgIpc) is 2.89. The zero-order valence-corrected chi connectivity index (χ0v) is 10.9. The van der Waals surface area contributed by atoms with E-state index in [0.717, 1.165) is 29.9 Å². The van der Waals surface area contributed by atoms with E-state index in [1.807, 2.05) is 22.2 Å². The van der Waals surface area contributed by atoms with Crippen LogP contribution >= 0.6 is 11.3 Å². The van der Waals surface area contributed by atoms with Gasteiger partial charge in [0.2, 0.25) is 5.91 Å². The summed E-state index contributed by atoms with van der Waals surface area (Å²) in [5.41, 5.74) is 0.801. The number of aliphatic hydroxyl groups is 1. The van der Waals surface area contributed by atoms with Gasteiger partial charge in [-0.2, -0.15) is 0 Å². The van der Waals surface area contributed by atoms with E-state index in [1.54, 1.807) is 11.3 Å². The Hall–Kier alpha value is -1.40. The lowest BCUT2D eigenvalue weighted by atomic mass is 10.2. The summed E-state index contributed by atoms with van der Waals surface area (Å²) in [6.07, 6.45) is 6.80. The van der Waals surface area contributed by atoms with E-state index >= 15 is 0 Å². The molecule has 0 bridgehead atoms. The van der Waals surface area contributed by atoms with Crippen molar-refractivity contribution >= 4 is 22.2 Å². The van der Waals surface area contributed by atoms with Crippen LogP contribution in [0.15, 0.2) is 17.8 Å². The largest absolute Gasteiger partial charge is 0.396 e. The molecule has 5 nitrogen and oxygen atoms in total. The number of aliphatic hydroxyl groups excluding tert-OH is 1. The van der Waals surface area contributed by atoms with E-state index in [1.165, 1.54) is 0 Å². The van der Waals surface area contributed by atoms with Crippen LogP contribution in [0.5, 0.6) is 0 Å². The van der Waals surface area contributed by atoms with Crippen LogP contribution in [0.1, 0.15) is 25.0 Å². The monoisotopic (exact) mass is 267 g/mol. The highest BCUT2D eigenvalue weighted by molar-refractivity contribution is 7.15. The number of thiazole rings is 1. The van der Waals surface area contributed by atoms with Crippen molar-refractivity contribution in [1.29, 1.82) is 0 Å². The number of carbonyl (C=O) groups is 1. The van der Waals surface area contributed by atoms with E-state index in [-0.39, 0.29) is 12.5 Å². The number of unbranched alkanes of at least 4 members (excludes halogenated alkanes) is 2. The van der Waals surface area contributed by atoms with E-state index in [9.17, 15) is 4.79 Å². The molecular formula is C12H17N3O2S. The van der Waals surface area contributed by atoms with E-state index in [2.05, 4.69) is 10.3 Å². The molecule has 2 aromatic rings. The molecule has 0 aliphatic carbocycles. The Morgan fingerprint density at radius 2 is 2.33 bits per heavy atom. The number of carbonyl (C=O) groups excluding carboxylic acids is 1. The van der Waals surface area contributed by atoms with Crippen LogP contribution in [-0.4, -0.2) is 33.6 Å². The Labute approximate surface area is 109 Å². The summed E-state index contributed by atoms with van der Waals surface area (Å²) in [6.45, 7) is 0.889. The van der Waals surface area contributed by atoms with Crippen molar-refractivity contribution in [3.63, 3.8) is 0 Å². The molecule has 0 aromatic carbocycles. The highest BCUT2D eigenvalue weighted by Crippen LogP contribution is 2.11. The summed E-state index contributed by atoms with van der Waals surface area (Å²) in [6, 6.07) is 0. The number of nitrogens with zero attached hydrogens (tertiary/aromatic N) is 2. The Balaban J connectivity index is 1.72. The van der Waals surface area contributed by atoms with Crippen molar-refractivity contribution < 1.29 is 9.90 Å². The number of hydrogen-bond acceptors (Lipinski definition) is 4. The molecule has 2 aromatic heterocycles. The van der Waals surface area contributed by atoms with Crippen LogP contribution in [0.2, 0.25) is 0 Å². The first kappa shape index (κ1) is 13.0. The Morgan fingerprint density at radius 3 is 3.11 bits per heavy atom. The fourth-order valence-corrected chi connectivity index (χ4v) is 2.45. The van der Waals surface area contributed by atoms with Gasteiger partial charge in [-0.15, -0.1) is 11.3 Å². The lowest BCUT2D eigenvalue weighted by Gasteiger charge is -2.03. The molecule has 0 saturated carbocycles. The molecular weight excluding hydrogens is 250 g/mol. The van der Waals surface area contributed by atoms with Crippen molar-refractivity contribution in [1.82, 2.24) is 14.7 Å². The highest BCUT2D eigenvalue weighted by Gasteiger charge is 2.07. The molecule has 1 amide bonds. The maximum atomic E-state index is 11.6. The van der Waals surface area contributed by atoms with Gasteiger partial charge in [0, 0.05) is 30.9 Å². The second kappa shape index (κ2) is 6.51. The molecule has 0 spiro atoms. The minimum absolute atomic E-state index is 0.00440. The maximum absolute atomic E-state index is 11.6. The predicted molar refractivity (Wildman–Crippen MR) is 70.7 cm³/mol. The first-order valence-corrected chi connectivity index (χ1v) is 6.96. The van der Waals surface area contributed by atoms with Crippen LogP contribution in [-0.2, 0) is 11.2 Å². The first-order chi connectivity index (χ1) is 8.79. The fraction of sp³-hybridized carbons (Fsp3) is 0.500. The molecule has 0 atom stereocenters. The van der Waals surface area contributed by atoms with Gasteiger partial charge in [-0.05, 0) is 19.3 Å². The molecule has 0 radical (unpaired) electrons. The summed E-state index contributed by atoms with van der Waals surface area (Å²) in [4.78, 5) is 16.9. The van der Waals surface area contributed by atoms with Gasteiger partial charge in [0.25, 0.3) is 0 Å². The van der Waals surface area contributed by atoms with Crippen LogP contribution in [0, 0.1) is 0 Å². The van der Waals surface area contributed by atoms with Crippen molar-refractivity contribution in [2.24, 2.45) is 0 Å². The highest BCUT2D eigenvalue weighted by atomic mass is 32.1. The molecule has 98 valence electrons. The number of nitrogens with one attached hydrogen (secondary N) is 1. The Kier molecular flexibility index (Phi) is 4.72. The molecule has 2 heterocycles. The van der Waals surface area contributed by atoms with Crippen LogP contribution in [0.3, 0.4) is 0 Å². The predicted octanol–water partition coefficient (Wildman–Crippen LogP) is 1.22. The van der Waals surface area contributed by atoms with Gasteiger partial charge in [-0.3, -0.25) is 9.20 Å². The molecule has 18 heavy (non-hydrogen) atoms. The number of aromatic nitrogens is 2. The standard InChI is InChI=1S/C12H17N3O2S/c16-6-3-1-2-4-13-11(17)8-10-9-15-5-7-18-12(15)14-10/h5,7,9,16H,1-4,6,8H2,(H,13,17). The molecule has 0 aliphatic heterocycles. The number of rotatable bonds is 7. The number of imidazole rings is 1. The zero-order chi connectivity index (χ0) is 12.8. The van der Waals surface area contributed by atoms with Gasteiger partial charge in [0.1, 0.15) is 0 Å². The second-order valence-electron chi connectivity index (χ2n) is 4.14. The van der Waals surface area contributed by atoms with Crippen molar-refractivity contribution in [2.75, 3.05) is 13.2 Å². The van der Waals surface area contributed by atoms with Gasteiger partial charge >= 0.3 is 0 Å². The quantitative estimate of drug-likeness (QED) is 0.741. The molecule has 0 aliphatic rings. The minimum atomic E-state index is 0.00440. The van der Waals surface area contributed by atoms with Gasteiger partial charge in [0.15, 0.2) is 4.96 Å². The van der Waals surface area contributed by atoms with E-state index in [0.29, 0.717) is 13.0 Å². The molecule has 2 rings (SSSR count).